The monoisotopic (exact) mass is 348 g/mol. The number of hydrogen-bond donors (Lipinski definition) is 3. The van der Waals surface area contributed by atoms with E-state index in [9.17, 15) is 12.8 Å². The zero-order chi connectivity index (χ0) is 14.2. The van der Waals surface area contributed by atoms with Crippen molar-refractivity contribution in [2.24, 2.45) is 0 Å². The lowest BCUT2D eigenvalue weighted by Gasteiger charge is -2.08. The van der Waals surface area contributed by atoms with Gasteiger partial charge in [-0.15, -0.1) is 0 Å². The molecule has 19 heavy (non-hydrogen) atoms. The van der Waals surface area contributed by atoms with Gasteiger partial charge in [0.25, 0.3) is 10.0 Å². The van der Waals surface area contributed by atoms with Gasteiger partial charge in [0.2, 0.25) is 0 Å². The Kier molecular flexibility index (Phi) is 3.50. The van der Waals surface area contributed by atoms with E-state index in [4.69, 9.17) is 5.73 Å². The molecule has 0 fully saturated rings. The van der Waals surface area contributed by atoms with Crippen LogP contribution in [0.2, 0.25) is 0 Å². The molecular weight excluding hydrogens is 339 g/mol. The smallest absolute Gasteiger partial charge is 0.266 e. The number of nitrogens with one attached hydrogen (secondary N) is 2. The number of aromatic amines is 1. The largest absolute Gasteiger partial charge is 0.399 e. The third kappa shape index (κ3) is 2.87. The summed E-state index contributed by atoms with van der Waals surface area (Å²) in [4.78, 5) is -0.542. The third-order valence-corrected chi connectivity index (χ3v) is 4.18. The van der Waals surface area contributed by atoms with Crippen molar-refractivity contribution in [2.45, 2.75) is 11.8 Å². The Morgan fingerprint density at radius 1 is 1.42 bits per heavy atom. The van der Waals surface area contributed by atoms with Gasteiger partial charge in [-0.25, -0.2) is 12.8 Å². The summed E-state index contributed by atoms with van der Waals surface area (Å²) < 4.78 is 40.1. The maximum Gasteiger partial charge on any atom is 0.266 e. The Hall–Kier alpha value is -1.61. The van der Waals surface area contributed by atoms with E-state index < -0.39 is 20.7 Å². The molecule has 0 bridgehead atoms. The number of nitrogens with two attached hydrogens (primary N) is 1. The first-order chi connectivity index (χ1) is 8.79. The molecule has 0 aliphatic heterocycles. The normalized spacial score (nSPS) is 11.5. The van der Waals surface area contributed by atoms with Crippen LogP contribution in [0.15, 0.2) is 27.6 Å². The minimum Gasteiger partial charge on any atom is -0.399 e. The molecule has 1 heterocycles. The van der Waals surface area contributed by atoms with E-state index in [2.05, 4.69) is 30.8 Å². The molecule has 1 aromatic heterocycles. The van der Waals surface area contributed by atoms with E-state index in [1.54, 1.807) is 6.92 Å². The van der Waals surface area contributed by atoms with Crippen LogP contribution in [-0.2, 0) is 10.0 Å². The maximum atomic E-state index is 13.8. The zero-order valence-electron chi connectivity index (χ0n) is 9.74. The Bertz CT molecular complexity index is 729. The highest BCUT2D eigenvalue weighted by atomic mass is 79.9. The van der Waals surface area contributed by atoms with E-state index >= 15 is 0 Å². The van der Waals surface area contributed by atoms with Gasteiger partial charge in [0.1, 0.15) is 4.90 Å². The van der Waals surface area contributed by atoms with Crippen LogP contribution in [0.25, 0.3) is 0 Å². The van der Waals surface area contributed by atoms with Crippen LogP contribution in [-0.4, -0.2) is 18.6 Å². The molecule has 0 radical (unpaired) electrons. The fraction of sp³-hybridized carbons (Fsp3) is 0.100. The predicted octanol–water partition coefficient (Wildman–Crippen LogP) is 2.00. The quantitative estimate of drug-likeness (QED) is 0.738. The van der Waals surface area contributed by atoms with Crippen LogP contribution >= 0.6 is 15.9 Å². The van der Waals surface area contributed by atoms with Crippen LogP contribution in [0.5, 0.6) is 0 Å². The lowest BCUT2D eigenvalue weighted by atomic mass is 10.3. The molecule has 0 amide bonds. The second kappa shape index (κ2) is 4.82. The van der Waals surface area contributed by atoms with E-state index in [-0.39, 0.29) is 16.0 Å². The van der Waals surface area contributed by atoms with Gasteiger partial charge in [-0.1, -0.05) is 0 Å². The SMILES string of the molecule is Cc1cc(NS(=O)(=O)c2cc(N)cc(Br)c2F)n[nH]1. The fourth-order valence-corrected chi connectivity index (χ4v) is 3.18. The van der Waals surface area contributed by atoms with Crippen LogP contribution in [0, 0.1) is 12.7 Å². The number of anilines is 2. The third-order valence-electron chi connectivity index (χ3n) is 2.25. The molecule has 0 aliphatic carbocycles. The van der Waals surface area contributed by atoms with Crippen LogP contribution in [0.4, 0.5) is 15.9 Å². The molecule has 2 aromatic rings. The summed E-state index contributed by atoms with van der Waals surface area (Å²) in [6, 6.07) is 3.81. The summed E-state index contributed by atoms with van der Waals surface area (Å²) in [5, 5.41) is 6.30. The molecule has 2 rings (SSSR count). The number of sulfonamides is 1. The Labute approximate surface area is 117 Å². The van der Waals surface area contributed by atoms with Crippen molar-refractivity contribution in [1.29, 1.82) is 0 Å². The van der Waals surface area contributed by atoms with Gasteiger partial charge in [0, 0.05) is 17.4 Å². The molecule has 1 aromatic carbocycles. The van der Waals surface area contributed by atoms with Gasteiger partial charge in [-0.3, -0.25) is 9.82 Å². The number of nitrogens with zero attached hydrogens (tertiary/aromatic N) is 1. The average Bonchev–Trinajstić information content (AvgIpc) is 2.68. The zero-order valence-corrected chi connectivity index (χ0v) is 12.1. The Morgan fingerprint density at radius 3 is 2.68 bits per heavy atom. The van der Waals surface area contributed by atoms with Crippen molar-refractivity contribution in [1.82, 2.24) is 10.2 Å². The van der Waals surface area contributed by atoms with E-state index in [0.717, 1.165) is 6.07 Å². The molecule has 0 saturated carbocycles. The van der Waals surface area contributed by atoms with Gasteiger partial charge in [-0.05, 0) is 35.0 Å². The average molecular weight is 349 g/mol. The molecule has 0 saturated heterocycles. The first-order valence-corrected chi connectivity index (χ1v) is 7.36. The molecule has 9 heteroatoms. The molecule has 102 valence electrons. The van der Waals surface area contributed by atoms with Crippen molar-refractivity contribution < 1.29 is 12.8 Å². The molecular formula is C10H10BrFN4O2S. The van der Waals surface area contributed by atoms with Crippen molar-refractivity contribution in [2.75, 3.05) is 10.5 Å². The molecule has 6 nitrogen and oxygen atoms in total. The summed E-state index contributed by atoms with van der Waals surface area (Å²) in [5.74, 6) is -0.829. The second-order valence-electron chi connectivity index (χ2n) is 3.86. The van der Waals surface area contributed by atoms with Crippen molar-refractivity contribution in [3.8, 4) is 0 Å². The van der Waals surface area contributed by atoms with Crippen LogP contribution < -0.4 is 10.5 Å². The van der Waals surface area contributed by atoms with Crippen molar-refractivity contribution >= 4 is 37.5 Å². The van der Waals surface area contributed by atoms with E-state index in [1.165, 1.54) is 12.1 Å². The molecule has 4 N–H and O–H groups in total. The van der Waals surface area contributed by atoms with Gasteiger partial charge in [0.05, 0.1) is 4.47 Å². The standard InChI is InChI=1S/C10H10BrFN4O2S/c1-5-2-9(15-14-5)16-19(17,18)8-4-6(13)3-7(11)10(8)12/h2-4H,13H2,1H3,(H2,14,15,16). The summed E-state index contributed by atoms with van der Waals surface area (Å²) in [5.41, 5.74) is 6.32. The number of H-pyrrole nitrogens is 1. The summed E-state index contributed by atoms with van der Waals surface area (Å²) >= 11 is 2.91. The molecule has 0 unspecified atom stereocenters. The maximum absolute atomic E-state index is 13.8. The second-order valence-corrected chi connectivity index (χ2v) is 6.36. The highest BCUT2D eigenvalue weighted by Crippen LogP contribution is 2.27. The fourth-order valence-electron chi connectivity index (χ4n) is 1.44. The predicted molar refractivity (Wildman–Crippen MR) is 72.6 cm³/mol. The lowest BCUT2D eigenvalue weighted by molar-refractivity contribution is 0.566. The van der Waals surface area contributed by atoms with Gasteiger partial charge in [-0.2, -0.15) is 5.10 Å². The van der Waals surface area contributed by atoms with Gasteiger partial charge in [0.15, 0.2) is 11.6 Å². The summed E-state index contributed by atoms with van der Waals surface area (Å²) in [7, 11) is -4.09. The number of aryl methyl sites for hydroxylation is 1. The van der Waals surface area contributed by atoms with Gasteiger partial charge < -0.3 is 5.73 Å². The highest BCUT2D eigenvalue weighted by Gasteiger charge is 2.22. The number of hydrogen-bond acceptors (Lipinski definition) is 4. The molecule has 0 aliphatic rings. The van der Waals surface area contributed by atoms with Crippen molar-refractivity contribution in [3.05, 3.63) is 34.2 Å². The minimum atomic E-state index is -4.09. The van der Waals surface area contributed by atoms with E-state index in [1.807, 2.05) is 0 Å². The highest BCUT2D eigenvalue weighted by molar-refractivity contribution is 9.10. The Balaban J connectivity index is 2.45. The molecule has 0 spiro atoms. The first kappa shape index (κ1) is 13.8. The minimum absolute atomic E-state index is 0.0221. The number of nitrogen functional groups attached to an aromatic ring is 1. The van der Waals surface area contributed by atoms with Crippen LogP contribution in [0.3, 0.4) is 0 Å². The van der Waals surface area contributed by atoms with Crippen LogP contribution in [0.1, 0.15) is 5.69 Å². The van der Waals surface area contributed by atoms with Gasteiger partial charge >= 0.3 is 0 Å². The lowest BCUT2D eigenvalue weighted by Crippen LogP contribution is -2.15. The topological polar surface area (TPSA) is 101 Å². The first-order valence-electron chi connectivity index (χ1n) is 5.09. The van der Waals surface area contributed by atoms with E-state index in [0.29, 0.717) is 5.69 Å². The van der Waals surface area contributed by atoms with Crippen molar-refractivity contribution in [3.63, 3.8) is 0 Å². The summed E-state index contributed by atoms with van der Waals surface area (Å²) in [6.45, 7) is 1.71. The Morgan fingerprint density at radius 2 is 2.11 bits per heavy atom. The number of aromatic nitrogens is 2. The summed E-state index contributed by atoms with van der Waals surface area (Å²) in [6.07, 6.45) is 0. The number of halogens is 2. The number of rotatable bonds is 3. The molecule has 0 atom stereocenters. The number of benzene rings is 1.